The first-order valence-electron chi connectivity index (χ1n) is 7.52. The predicted octanol–water partition coefficient (Wildman–Crippen LogP) is 3.00. The first-order valence-corrected chi connectivity index (χ1v) is 7.52. The van der Waals surface area contributed by atoms with Gasteiger partial charge in [-0.05, 0) is 42.5 Å². The summed E-state index contributed by atoms with van der Waals surface area (Å²) in [6, 6.07) is 7.50. The molecule has 23 heavy (non-hydrogen) atoms. The third kappa shape index (κ3) is 2.83. The van der Waals surface area contributed by atoms with Crippen molar-refractivity contribution in [1.29, 1.82) is 0 Å². The van der Waals surface area contributed by atoms with E-state index in [9.17, 15) is 4.79 Å². The van der Waals surface area contributed by atoms with Crippen LogP contribution in [0.3, 0.4) is 0 Å². The molecule has 114 valence electrons. The molecule has 0 bridgehead atoms. The normalized spacial score (nSPS) is 13.7. The molecule has 1 fully saturated rings. The third-order valence-electron chi connectivity index (χ3n) is 3.88. The number of rotatable bonds is 4. The topological polar surface area (TPSA) is 83.6 Å². The summed E-state index contributed by atoms with van der Waals surface area (Å²) in [4.78, 5) is 20.9. The van der Waals surface area contributed by atoms with Gasteiger partial charge < -0.3 is 5.32 Å². The summed E-state index contributed by atoms with van der Waals surface area (Å²) in [6.45, 7) is 0. The Morgan fingerprint density at radius 3 is 2.91 bits per heavy atom. The minimum Gasteiger partial charge on any atom is -0.319 e. The number of aromatic amines is 1. The maximum Gasteiger partial charge on any atom is 0.257 e. The lowest BCUT2D eigenvalue weighted by Gasteiger charge is -2.06. The Hall–Kier alpha value is -3.02. The fourth-order valence-corrected chi connectivity index (χ4v) is 2.50. The van der Waals surface area contributed by atoms with Gasteiger partial charge in [-0.1, -0.05) is 6.07 Å². The lowest BCUT2D eigenvalue weighted by atomic mass is 10.1. The molecule has 6 heteroatoms. The van der Waals surface area contributed by atoms with Crippen molar-refractivity contribution >= 4 is 11.6 Å². The van der Waals surface area contributed by atoms with E-state index in [4.69, 9.17) is 0 Å². The van der Waals surface area contributed by atoms with E-state index in [1.807, 2.05) is 30.5 Å². The van der Waals surface area contributed by atoms with E-state index < -0.39 is 0 Å². The number of carbonyl (C=O) groups is 1. The highest BCUT2D eigenvalue weighted by Gasteiger charge is 2.24. The number of hydrogen-bond acceptors (Lipinski definition) is 4. The van der Waals surface area contributed by atoms with Crippen molar-refractivity contribution in [2.45, 2.75) is 18.8 Å². The second-order valence-electron chi connectivity index (χ2n) is 5.61. The van der Waals surface area contributed by atoms with Gasteiger partial charge in [0.15, 0.2) is 0 Å². The van der Waals surface area contributed by atoms with Crippen molar-refractivity contribution in [3.05, 3.63) is 60.2 Å². The Morgan fingerprint density at radius 2 is 2.13 bits per heavy atom. The minimum atomic E-state index is -0.196. The molecular formula is C17H15N5O. The third-order valence-corrected chi connectivity index (χ3v) is 3.88. The summed E-state index contributed by atoms with van der Waals surface area (Å²) in [5.41, 5.74) is 3.71. The molecule has 0 spiro atoms. The number of aromatic nitrogens is 4. The van der Waals surface area contributed by atoms with E-state index in [2.05, 4.69) is 25.5 Å². The number of amides is 1. The van der Waals surface area contributed by atoms with Crippen molar-refractivity contribution in [3.8, 4) is 11.4 Å². The standard InChI is InChI=1S/C17H15N5O/c23-17(13-7-12(8-18-9-13)11-4-5-11)21-15-10-20-22-16(15)14-3-1-2-6-19-14/h1-3,6-11H,4-5H2,(H,20,22)(H,21,23). The fourth-order valence-electron chi connectivity index (χ4n) is 2.50. The number of anilines is 1. The van der Waals surface area contributed by atoms with Gasteiger partial charge in [0.05, 0.1) is 23.1 Å². The van der Waals surface area contributed by atoms with E-state index in [0.29, 0.717) is 22.9 Å². The molecule has 3 aromatic heterocycles. The van der Waals surface area contributed by atoms with Gasteiger partial charge in [0, 0.05) is 18.6 Å². The maximum atomic E-state index is 12.5. The highest BCUT2D eigenvalue weighted by molar-refractivity contribution is 6.05. The summed E-state index contributed by atoms with van der Waals surface area (Å²) in [7, 11) is 0. The number of nitrogens with one attached hydrogen (secondary N) is 2. The zero-order valence-corrected chi connectivity index (χ0v) is 12.4. The molecule has 1 amide bonds. The predicted molar refractivity (Wildman–Crippen MR) is 86.0 cm³/mol. The van der Waals surface area contributed by atoms with Gasteiger partial charge in [-0.2, -0.15) is 5.10 Å². The zero-order chi connectivity index (χ0) is 15.6. The smallest absolute Gasteiger partial charge is 0.257 e. The van der Waals surface area contributed by atoms with Gasteiger partial charge in [-0.25, -0.2) is 0 Å². The molecule has 0 unspecified atom stereocenters. The van der Waals surface area contributed by atoms with Crippen LogP contribution in [0.4, 0.5) is 5.69 Å². The zero-order valence-electron chi connectivity index (χ0n) is 12.4. The van der Waals surface area contributed by atoms with Crippen LogP contribution in [-0.2, 0) is 0 Å². The van der Waals surface area contributed by atoms with Crippen molar-refractivity contribution < 1.29 is 4.79 Å². The van der Waals surface area contributed by atoms with Crippen molar-refractivity contribution in [2.75, 3.05) is 5.32 Å². The maximum absolute atomic E-state index is 12.5. The van der Waals surface area contributed by atoms with Crippen LogP contribution in [0, 0.1) is 0 Å². The fraction of sp³-hybridized carbons (Fsp3) is 0.176. The Morgan fingerprint density at radius 1 is 1.22 bits per heavy atom. The molecule has 0 aliphatic heterocycles. The molecule has 0 aromatic carbocycles. The molecule has 4 rings (SSSR count). The van der Waals surface area contributed by atoms with Crippen LogP contribution in [0.1, 0.15) is 34.7 Å². The van der Waals surface area contributed by atoms with Gasteiger partial charge in [0.25, 0.3) is 5.91 Å². The molecule has 1 aliphatic carbocycles. The summed E-state index contributed by atoms with van der Waals surface area (Å²) in [5.74, 6) is 0.367. The number of H-pyrrole nitrogens is 1. The number of hydrogen-bond donors (Lipinski definition) is 2. The van der Waals surface area contributed by atoms with Crippen molar-refractivity contribution in [1.82, 2.24) is 20.2 Å². The number of nitrogens with zero attached hydrogens (tertiary/aromatic N) is 3. The molecule has 0 radical (unpaired) electrons. The number of carbonyl (C=O) groups excluding carboxylic acids is 1. The van der Waals surface area contributed by atoms with Crippen molar-refractivity contribution in [3.63, 3.8) is 0 Å². The van der Waals surface area contributed by atoms with E-state index in [1.54, 1.807) is 18.6 Å². The second-order valence-corrected chi connectivity index (χ2v) is 5.61. The van der Waals surface area contributed by atoms with E-state index in [0.717, 1.165) is 11.3 Å². The van der Waals surface area contributed by atoms with Gasteiger partial charge in [-0.3, -0.25) is 19.9 Å². The van der Waals surface area contributed by atoms with Crippen LogP contribution < -0.4 is 5.32 Å². The average molecular weight is 305 g/mol. The summed E-state index contributed by atoms with van der Waals surface area (Å²) < 4.78 is 0. The van der Waals surface area contributed by atoms with Crippen LogP contribution in [0.2, 0.25) is 0 Å². The summed E-state index contributed by atoms with van der Waals surface area (Å²) in [5, 5.41) is 9.76. The largest absolute Gasteiger partial charge is 0.319 e. The Labute approximate surface area is 133 Å². The lowest BCUT2D eigenvalue weighted by molar-refractivity contribution is 0.102. The van der Waals surface area contributed by atoms with Crippen LogP contribution in [0.15, 0.2) is 49.1 Å². The molecule has 3 aromatic rings. The van der Waals surface area contributed by atoms with E-state index in [1.165, 1.54) is 12.8 Å². The average Bonchev–Trinajstić information content (AvgIpc) is 3.36. The molecule has 2 N–H and O–H groups in total. The quantitative estimate of drug-likeness (QED) is 0.776. The minimum absolute atomic E-state index is 0.196. The van der Waals surface area contributed by atoms with E-state index in [-0.39, 0.29) is 5.91 Å². The summed E-state index contributed by atoms with van der Waals surface area (Å²) in [6.07, 6.45) is 9.06. The highest BCUT2D eigenvalue weighted by Crippen LogP contribution is 2.39. The molecule has 6 nitrogen and oxygen atoms in total. The SMILES string of the molecule is O=C(Nc1cn[nH]c1-c1ccccn1)c1cncc(C2CC2)c1. The highest BCUT2D eigenvalue weighted by atomic mass is 16.1. The lowest BCUT2D eigenvalue weighted by Crippen LogP contribution is -2.12. The molecule has 1 saturated carbocycles. The second kappa shape index (κ2) is 5.64. The first kappa shape index (κ1) is 13.6. The van der Waals surface area contributed by atoms with Crippen LogP contribution in [0.25, 0.3) is 11.4 Å². The van der Waals surface area contributed by atoms with Crippen LogP contribution in [0.5, 0.6) is 0 Å². The van der Waals surface area contributed by atoms with Gasteiger partial charge in [-0.15, -0.1) is 0 Å². The van der Waals surface area contributed by atoms with Gasteiger partial charge >= 0.3 is 0 Å². The Balaban J connectivity index is 1.58. The molecular weight excluding hydrogens is 290 g/mol. The number of pyridine rings is 2. The monoisotopic (exact) mass is 305 g/mol. The van der Waals surface area contributed by atoms with E-state index >= 15 is 0 Å². The van der Waals surface area contributed by atoms with Crippen LogP contribution in [-0.4, -0.2) is 26.1 Å². The Bertz CT molecular complexity index is 839. The first-order chi connectivity index (χ1) is 11.3. The van der Waals surface area contributed by atoms with Gasteiger partial charge in [0.2, 0.25) is 0 Å². The summed E-state index contributed by atoms with van der Waals surface area (Å²) >= 11 is 0. The molecule has 0 atom stereocenters. The van der Waals surface area contributed by atoms with Crippen molar-refractivity contribution in [2.24, 2.45) is 0 Å². The molecule has 1 aliphatic rings. The van der Waals surface area contributed by atoms with Crippen LogP contribution >= 0.6 is 0 Å². The molecule has 3 heterocycles. The Kier molecular flexibility index (Phi) is 3.34. The van der Waals surface area contributed by atoms with Gasteiger partial charge in [0.1, 0.15) is 5.69 Å². The molecule has 0 saturated heterocycles.